The Balaban J connectivity index is 1.78. The van der Waals surface area contributed by atoms with E-state index in [-0.39, 0.29) is 6.42 Å². The summed E-state index contributed by atoms with van der Waals surface area (Å²) in [6.07, 6.45) is 4.67. The molecule has 2 aromatic carbocycles. The second-order valence-corrected chi connectivity index (χ2v) is 7.68. The number of hydrogen-bond acceptors (Lipinski definition) is 2. The molecule has 4 aromatic rings. The lowest BCUT2D eigenvalue weighted by Gasteiger charge is -2.08. The van der Waals surface area contributed by atoms with Crippen molar-refractivity contribution in [3.63, 3.8) is 0 Å². The number of rotatable bonds is 7. The number of fused-ring (bicyclic) bond motifs is 2. The number of carboxylic acid groups (broad SMARTS) is 1. The van der Waals surface area contributed by atoms with E-state index >= 15 is 0 Å². The molecular weight excluding hydrogens is 374 g/mol. The summed E-state index contributed by atoms with van der Waals surface area (Å²) in [5.74, 6) is -1.00. The number of aromatic amines is 2. The third-order valence-corrected chi connectivity index (χ3v) is 5.64. The zero-order valence-corrected chi connectivity index (χ0v) is 17.0. The van der Waals surface area contributed by atoms with E-state index in [1.165, 1.54) is 0 Å². The molecule has 1 unspecified atom stereocenters. The second-order valence-electron chi connectivity index (χ2n) is 7.68. The van der Waals surface area contributed by atoms with E-state index in [9.17, 15) is 9.90 Å². The molecule has 5 nitrogen and oxygen atoms in total. The molecule has 0 spiro atoms. The van der Waals surface area contributed by atoms with E-state index in [0.717, 1.165) is 61.9 Å². The predicted octanol–water partition coefficient (Wildman–Crippen LogP) is 4.79. The molecule has 1 atom stereocenters. The number of aromatic nitrogens is 2. The largest absolute Gasteiger partial charge is 0.480 e. The molecule has 152 valence electrons. The third kappa shape index (κ3) is 3.44. The first-order valence-corrected chi connectivity index (χ1v) is 9.89. The minimum absolute atomic E-state index is 0.274. The van der Waals surface area contributed by atoms with Crippen molar-refractivity contribution in [1.82, 2.24) is 9.97 Å². The predicted molar refractivity (Wildman–Crippen MR) is 124 cm³/mol. The molecule has 0 amide bonds. The van der Waals surface area contributed by atoms with Crippen LogP contribution in [-0.2, 0) is 17.6 Å². The summed E-state index contributed by atoms with van der Waals surface area (Å²) in [6, 6.07) is 11.6. The topological polar surface area (TPSA) is 94.9 Å². The first kappa shape index (κ1) is 19.7. The summed E-state index contributed by atoms with van der Waals surface area (Å²) >= 11 is 0. The molecule has 0 saturated heterocycles. The van der Waals surface area contributed by atoms with Crippen molar-refractivity contribution in [3.05, 3.63) is 83.2 Å². The lowest BCUT2D eigenvalue weighted by Crippen LogP contribution is -2.32. The molecule has 0 saturated carbocycles. The van der Waals surface area contributed by atoms with Crippen molar-refractivity contribution in [2.45, 2.75) is 25.8 Å². The van der Waals surface area contributed by atoms with Gasteiger partial charge in [0.15, 0.2) is 0 Å². The number of benzene rings is 2. The second kappa shape index (κ2) is 7.69. The Morgan fingerprint density at radius 1 is 1.13 bits per heavy atom. The van der Waals surface area contributed by atoms with Crippen LogP contribution in [0.15, 0.2) is 49.6 Å². The fourth-order valence-electron chi connectivity index (χ4n) is 4.13. The van der Waals surface area contributed by atoms with Gasteiger partial charge in [-0.25, -0.2) is 0 Å². The van der Waals surface area contributed by atoms with Crippen LogP contribution < -0.4 is 5.73 Å². The van der Waals surface area contributed by atoms with Gasteiger partial charge < -0.3 is 20.8 Å². The van der Waals surface area contributed by atoms with E-state index in [0.29, 0.717) is 0 Å². The molecule has 30 heavy (non-hydrogen) atoms. The molecule has 0 bridgehead atoms. The van der Waals surface area contributed by atoms with Crippen LogP contribution in [0.1, 0.15) is 33.6 Å². The maximum atomic E-state index is 11.3. The maximum absolute atomic E-state index is 11.3. The van der Waals surface area contributed by atoms with Crippen LogP contribution in [0.5, 0.6) is 0 Å². The number of aliphatic carboxylic acids is 1. The van der Waals surface area contributed by atoms with Gasteiger partial charge >= 0.3 is 5.97 Å². The average Bonchev–Trinajstić information content (AvgIpc) is 3.27. The molecule has 2 aromatic heterocycles. The number of nitrogens with two attached hydrogens (primary N) is 1. The molecule has 2 heterocycles. The van der Waals surface area contributed by atoms with Crippen molar-refractivity contribution in [3.8, 4) is 0 Å². The molecule has 0 aliphatic rings. The first-order valence-electron chi connectivity index (χ1n) is 9.89. The lowest BCUT2D eigenvalue weighted by molar-refractivity contribution is -0.138. The number of carboxylic acids is 1. The highest BCUT2D eigenvalue weighted by Crippen LogP contribution is 2.30. The van der Waals surface area contributed by atoms with Crippen LogP contribution in [0.4, 0.5) is 0 Å². The molecule has 5 heteroatoms. The van der Waals surface area contributed by atoms with Gasteiger partial charge in [0.25, 0.3) is 0 Å². The van der Waals surface area contributed by atoms with Gasteiger partial charge in [-0.2, -0.15) is 0 Å². The summed E-state index contributed by atoms with van der Waals surface area (Å²) in [6.45, 7) is 9.80. The first-order chi connectivity index (χ1) is 14.4. The molecule has 0 aliphatic carbocycles. The van der Waals surface area contributed by atoms with Crippen LogP contribution in [0.25, 0.3) is 34.0 Å². The summed E-state index contributed by atoms with van der Waals surface area (Å²) in [5, 5.41) is 11.4. The Bertz CT molecular complexity index is 1290. The summed E-state index contributed by atoms with van der Waals surface area (Å²) in [4.78, 5) is 18.2. The number of aryl methyl sites for hydroxylation is 1. The van der Waals surface area contributed by atoms with Gasteiger partial charge in [0.1, 0.15) is 6.04 Å². The van der Waals surface area contributed by atoms with E-state index in [4.69, 9.17) is 5.73 Å². The molecule has 5 N–H and O–H groups in total. The van der Waals surface area contributed by atoms with Crippen LogP contribution in [0.3, 0.4) is 0 Å². The summed E-state index contributed by atoms with van der Waals surface area (Å²) in [7, 11) is 0. The zero-order chi connectivity index (χ0) is 21.4. The quantitative estimate of drug-likeness (QED) is 0.360. The third-order valence-electron chi connectivity index (χ3n) is 5.64. The molecular formula is C25H25N3O2. The highest BCUT2D eigenvalue weighted by molar-refractivity contribution is 5.93. The lowest BCUT2D eigenvalue weighted by atomic mass is 9.97. The normalized spacial score (nSPS) is 12.3. The van der Waals surface area contributed by atoms with Crippen molar-refractivity contribution >= 4 is 39.9 Å². The molecule has 0 fully saturated rings. The fraction of sp³-hybridized carbons (Fsp3) is 0.160. The number of H-pyrrole nitrogens is 2. The standard InChI is InChI=1S/C25H25N3O2/c1-4-16-7-6-8-18-12-19(28-23(16)18)10-15-9-17(5-2)24-21(11-15)20(14(3)27-24)13-22(26)25(29)30/h4-9,11-12,22,27-28H,1-2,10,13,26H2,3H3,(H,29,30). The highest BCUT2D eigenvalue weighted by Gasteiger charge is 2.19. The van der Waals surface area contributed by atoms with Gasteiger partial charge in [-0.1, -0.05) is 43.5 Å². The number of hydrogen-bond donors (Lipinski definition) is 4. The number of carbonyl (C=O) groups is 1. The maximum Gasteiger partial charge on any atom is 0.320 e. The van der Waals surface area contributed by atoms with E-state index < -0.39 is 12.0 Å². The van der Waals surface area contributed by atoms with Crippen molar-refractivity contribution in [2.75, 3.05) is 0 Å². The minimum Gasteiger partial charge on any atom is -0.480 e. The Morgan fingerprint density at radius 2 is 1.90 bits per heavy atom. The van der Waals surface area contributed by atoms with Crippen molar-refractivity contribution < 1.29 is 9.90 Å². The Labute approximate surface area is 174 Å². The highest BCUT2D eigenvalue weighted by atomic mass is 16.4. The van der Waals surface area contributed by atoms with Gasteiger partial charge in [0.05, 0.1) is 11.0 Å². The minimum atomic E-state index is -1.00. The van der Waals surface area contributed by atoms with Crippen LogP contribution in [0, 0.1) is 6.92 Å². The SMILES string of the molecule is C=Cc1cccc2cc(Cc3cc(C=C)c4[nH]c(C)c(CC(N)C(=O)O)c4c3)[nH]c12. The Kier molecular flexibility index (Phi) is 5.06. The molecule has 0 aliphatic heterocycles. The van der Waals surface area contributed by atoms with E-state index in [1.807, 2.05) is 31.2 Å². The van der Waals surface area contributed by atoms with Crippen molar-refractivity contribution in [1.29, 1.82) is 0 Å². The average molecular weight is 399 g/mol. The summed E-state index contributed by atoms with van der Waals surface area (Å²) < 4.78 is 0. The number of nitrogens with one attached hydrogen (secondary N) is 2. The summed E-state index contributed by atoms with van der Waals surface area (Å²) in [5.41, 5.74) is 14.0. The van der Waals surface area contributed by atoms with Gasteiger partial charge in [-0.05, 0) is 47.4 Å². The Morgan fingerprint density at radius 3 is 2.60 bits per heavy atom. The fourth-order valence-corrected chi connectivity index (χ4v) is 4.13. The van der Waals surface area contributed by atoms with Gasteiger partial charge in [0.2, 0.25) is 0 Å². The van der Waals surface area contributed by atoms with Crippen LogP contribution in [0.2, 0.25) is 0 Å². The smallest absolute Gasteiger partial charge is 0.320 e. The number of para-hydroxylation sites is 1. The monoisotopic (exact) mass is 399 g/mol. The van der Waals surface area contributed by atoms with Crippen molar-refractivity contribution in [2.24, 2.45) is 5.73 Å². The van der Waals surface area contributed by atoms with Crippen LogP contribution >= 0.6 is 0 Å². The van der Waals surface area contributed by atoms with E-state index in [1.54, 1.807) is 0 Å². The zero-order valence-electron chi connectivity index (χ0n) is 17.0. The van der Waals surface area contributed by atoms with Gasteiger partial charge in [0, 0.05) is 35.0 Å². The molecule has 4 rings (SSSR count). The van der Waals surface area contributed by atoms with E-state index in [2.05, 4.69) is 47.4 Å². The van der Waals surface area contributed by atoms with Gasteiger partial charge in [-0.15, -0.1) is 0 Å². The molecule has 0 radical (unpaired) electrons. The van der Waals surface area contributed by atoms with Crippen LogP contribution in [-0.4, -0.2) is 27.1 Å². The van der Waals surface area contributed by atoms with Gasteiger partial charge in [-0.3, -0.25) is 4.79 Å². The Hall–Kier alpha value is -3.57.